The predicted molar refractivity (Wildman–Crippen MR) is 94.7 cm³/mol. The number of anilines is 1. The van der Waals surface area contributed by atoms with Crippen molar-refractivity contribution in [3.05, 3.63) is 65.2 Å². The number of nitrogens with one attached hydrogen (secondary N) is 2. The van der Waals surface area contributed by atoms with Crippen LogP contribution in [0.5, 0.6) is 0 Å². The lowest BCUT2D eigenvalue weighted by Crippen LogP contribution is -2.25. The van der Waals surface area contributed by atoms with Gasteiger partial charge < -0.3 is 15.4 Å². The fourth-order valence-electron chi connectivity index (χ4n) is 2.24. The molecule has 144 valence electrons. The summed E-state index contributed by atoms with van der Waals surface area (Å²) < 4.78 is 42.5. The first-order valence-electron chi connectivity index (χ1n) is 8.17. The lowest BCUT2D eigenvalue weighted by atomic mass is 10.1. The third kappa shape index (κ3) is 6.10. The molecule has 0 radical (unpaired) electrons. The monoisotopic (exact) mass is 380 g/mol. The molecule has 0 aliphatic heterocycles. The van der Waals surface area contributed by atoms with Gasteiger partial charge in [0.15, 0.2) is 0 Å². The van der Waals surface area contributed by atoms with Crippen LogP contribution in [0, 0.1) is 0 Å². The standard InChI is InChI=1S/C19H19F3N2O3/c1-27-12-2-11-23-17(25)13-3-5-14(6-4-13)18(26)24-16-9-7-15(8-10-16)19(20,21)22/h3-10H,2,11-12H2,1H3,(H,23,25)(H,24,26). The number of ether oxygens (including phenoxy) is 1. The van der Waals surface area contributed by atoms with Gasteiger partial charge in [-0.1, -0.05) is 0 Å². The van der Waals surface area contributed by atoms with E-state index in [1.54, 1.807) is 7.11 Å². The molecule has 0 saturated heterocycles. The van der Waals surface area contributed by atoms with Crippen LogP contribution < -0.4 is 10.6 Å². The first kappa shape index (κ1) is 20.4. The van der Waals surface area contributed by atoms with Gasteiger partial charge in [0, 0.05) is 37.1 Å². The van der Waals surface area contributed by atoms with Crippen molar-refractivity contribution >= 4 is 17.5 Å². The van der Waals surface area contributed by atoms with Crippen molar-refractivity contribution in [1.29, 1.82) is 0 Å². The van der Waals surface area contributed by atoms with E-state index in [9.17, 15) is 22.8 Å². The van der Waals surface area contributed by atoms with E-state index in [1.807, 2.05) is 0 Å². The maximum absolute atomic E-state index is 12.5. The first-order valence-corrected chi connectivity index (χ1v) is 8.17. The highest BCUT2D eigenvalue weighted by atomic mass is 19.4. The van der Waals surface area contributed by atoms with Crippen LogP contribution in [0.2, 0.25) is 0 Å². The number of methoxy groups -OCH3 is 1. The van der Waals surface area contributed by atoms with Crippen LogP contribution in [0.15, 0.2) is 48.5 Å². The zero-order chi connectivity index (χ0) is 19.9. The van der Waals surface area contributed by atoms with E-state index in [4.69, 9.17) is 4.74 Å². The van der Waals surface area contributed by atoms with Crippen molar-refractivity contribution in [3.8, 4) is 0 Å². The largest absolute Gasteiger partial charge is 0.416 e. The summed E-state index contributed by atoms with van der Waals surface area (Å²) in [5.74, 6) is -0.748. The smallest absolute Gasteiger partial charge is 0.385 e. The summed E-state index contributed by atoms with van der Waals surface area (Å²) >= 11 is 0. The van der Waals surface area contributed by atoms with Crippen molar-refractivity contribution in [2.24, 2.45) is 0 Å². The first-order chi connectivity index (χ1) is 12.8. The fourth-order valence-corrected chi connectivity index (χ4v) is 2.24. The molecule has 0 aliphatic carbocycles. The molecule has 0 heterocycles. The van der Waals surface area contributed by atoms with Gasteiger partial charge >= 0.3 is 6.18 Å². The van der Waals surface area contributed by atoms with Gasteiger partial charge in [0.1, 0.15) is 0 Å². The number of hydrogen-bond acceptors (Lipinski definition) is 3. The Morgan fingerprint density at radius 3 is 2.00 bits per heavy atom. The lowest BCUT2D eigenvalue weighted by molar-refractivity contribution is -0.137. The summed E-state index contributed by atoms with van der Waals surface area (Å²) in [5, 5.41) is 5.24. The van der Waals surface area contributed by atoms with Crippen molar-refractivity contribution in [1.82, 2.24) is 5.32 Å². The van der Waals surface area contributed by atoms with E-state index in [2.05, 4.69) is 10.6 Å². The second-order valence-electron chi connectivity index (χ2n) is 5.71. The number of carbonyl (C=O) groups excluding carboxylic acids is 2. The van der Waals surface area contributed by atoms with E-state index in [1.165, 1.54) is 36.4 Å². The number of amides is 2. The molecular weight excluding hydrogens is 361 g/mol. The molecule has 0 saturated carbocycles. The summed E-state index contributed by atoms with van der Waals surface area (Å²) in [6, 6.07) is 10.1. The molecule has 0 spiro atoms. The number of benzene rings is 2. The molecule has 2 amide bonds. The molecular formula is C19H19F3N2O3. The van der Waals surface area contributed by atoms with Crippen LogP contribution in [0.25, 0.3) is 0 Å². The molecule has 5 nitrogen and oxygen atoms in total. The van der Waals surface area contributed by atoms with Crippen LogP contribution in [-0.4, -0.2) is 32.1 Å². The van der Waals surface area contributed by atoms with Crippen molar-refractivity contribution in [2.45, 2.75) is 12.6 Å². The summed E-state index contributed by atoms with van der Waals surface area (Å²) in [6.07, 6.45) is -3.74. The molecule has 0 aliphatic rings. The van der Waals surface area contributed by atoms with Crippen molar-refractivity contribution in [3.63, 3.8) is 0 Å². The Kier molecular flexibility index (Phi) is 6.95. The Bertz CT molecular complexity index is 772. The van der Waals surface area contributed by atoms with E-state index < -0.39 is 17.6 Å². The number of hydrogen-bond donors (Lipinski definition) is 2. The summed E-state index contributed by atoms with van der Waals surface area (Å²) in [7, 11) is 1.58. The van der Waals surface area contributed by atoms with Crippen molar-refractivity contribution < 1.29 is 27.5 Å². The quantitative estimate of drug-likeness (QED) is 0.720. The highest BCUT2D eigenvalue weighted by Gasteiger charge is 2.30. The Hall–Kier alpha value is -2.87. The van der Waals surface area contributed by atoms with Crippen LogP contribution in [0.1, 0.15) is 32.7 Å². The third-order valence-corrected chi connectivity index (χ3v) is 3.69. The minimum atomic E-state index is -4.43. The Morgan fingerprint density at radius 1 is 0.926 bits per heavy atom. The van der Waals surface area contributed by atoms with Gasteiger partial charge in [-0.25, -0.2) is 0 Å². The minimum Gasteiger partial charge on any atom is -0.385 e. The van der Waals surface area contributed by atoms with E-state index in [-0.39, 0.29) is 17.2 Å². The Morgan fingerprint density at radius 2 is 1.48 bits per heavy atom. The fraction of sp³-hybridized carbons (Fsp3) is 0.263. The second kappa shape index (κ2) is 9.18. The van der Waals surface area contributed by atoms with Gasteiger partial charge in [-0.15, -0.1) is 0 Å². The molecule has 0 atom stereocenters. The van der Waals surface area contributed by atoms with Gasteiger partial charge in [0.25, 0.3) is 11.8 Å². The lowest BCUT2D eigenvalue weighted by Gasteiger charge is -2.09. The number of alkyl halides is 3. The van der Waals surface area contributed by atoms with E-state index >= 15 is 0 Å². The SMILES string of the molecule is COCCCNC(=O)c1ccc(C(=O)Nc2ccc(C(F)(F)F)cc2)cc1. The van der Waals surface area contributed by atoms with Gasteiger partial charge in [-0.3, -0.25) is 9.59 Å². The van der Waals surface area contributed by atoms with Gasteiger partial charge in [0.2, 0.25) is 0 Å². The highest BCUT2D eigenvalue weighted by molar-refractivity contribution is 6.05. The maximum Gasteiger partial charge on any atom is 0.416 e. The van der Waals surface area contributed by atoms with Gasteiger partial charge in [0.05, 0.1) is 5.56 Å². The second-order valence-corrected chi connectivity index (χ2v) is 5.71. The molecule has 27 heavy (non-hydrogen) atoms. The zero-order valence-electron chi connectivity index (χ0n) is 14.6. The summed E-state index contributed by atoms with van der Waals surface area (Å²) in [5.41, 5.74) is 0.138. The zero-order valence-corrected chi connectivity index (χ0v) is 14.6. The Balaban J connectivity index is 1.94. The molecule has 2 rings (SSSR count). The van der Waals surface area contributed by atoms with Crippen LogP contribution in [0.3, 0.4) is 0 Å². The molecule has 0 fully saturated rings. The topological polar surface area (TPSA) is 67.4 Å². The molecule has 2 aromatic carbocycles. The predicted octanol–water partition coefficient (Wildman–Crippen LogP) is 3.72. The highest BCUT2D eigenvalue weighted by Crippen LogP contribution is 2.29. The maximum atomic E-state index is 12.5. The molecule has 0 aromatic heterocycles. The molecule has 0 unspecified atom stereocenters. The number of rotatable bonds is 7. The van der Waals surface area contributed by atoms with E-state index in [0.29, 0.717) is 25.1 Å². The van der Waals surface area contributed by atoms with Crippen molar-refractivity contribution in [2.75, 3.05) is 25.6 Å². The Labute approximate surface area is 154 Å². The molecule has 2 aromatic rings. The average molecular weight is 380 g/mol. The van der Waals surface area contributed by atoms with Gasteiger partial charge in [-0.05, 0) is 55.0 Å². The third-order valence-electron chi connectivity index (χ3n) is 3.69. The van der Waals surface area contributed by atoms with Crippen LogP contribution in [-0.2, 0) is 10.9 Å². The number of carbonyl (C=O) groups is 2. The minimum absolute atomic E-state index is 0.243. The molecule has 8 heteroatoms. The number of halogens is 3. The van der Waals surface area contributed by atoms with Crippen LogP contribution >= 0.6 is 0 Å². The van der Waals surface area contributed by atoms with Crippen LogP contribution in [0.4, 0.5) is 18.9 Å². The summed E-state index contributed by atoms with van der Waals surface area (Å²) in [4.78, 5) is 24.1. The summed E-state index contributed by atoms with van der Waals surface area (Å²) in [6.45, 7) is 1.02. The molecule has 2 N–H and O–H groups in total. The molecule has 0 bridgehead atoms. The van der Waals surface area contributed by atoms with E-state index in [0.717, 1.165) is 12.1 Å². The van der Waals surface area contributed by atoms with Gasteiger partial charge in [-0.2, -0.15) is 13.2 Å². The normalized spacial score (nSPS) is 11.1. The average Bonchev–Trinajstić information content (AvgIpc) is 2.65.